The Balaban J connectivity index is 1.57. The second-order valence-electron chi connectivity index (χ2n) is 11.4. The second-order valence-corrected chi connectivity index (χ2v) is 12.2. The number of aliphatic hydroxyl groups excluding tert-OH is 1. The third-order valence-corrected chi connectivity index (χ3v) is 9.10. The molecule has 230 valence electrons. The fourth-order valence-electron chi connectivity index (χ4n) is 6.03. The number of hydrogen-bond donors (Lipinski definition) is 2. The Bertz CT molecular complexity index is 1860. The lowest BCUT2D eigenvalue weighted by atomic mass is 9.93. The van der Waals surface area contributed by atoms with Crippen molar-refractivity contribution in [1.82, 2.24) is 14.1 Å². The Labute approximate surface area is 267 Å². The van der Waals surface area contributed by atoms with Crippen molar-refractivity contribution in [3.8, 4) is 28.3 Å². The molecule has 1 aliphatic carbocycles. The maximum atomic E-state index is 13.5. The van der Waals surface area contributed by atoms with Crippen LogP contribution in [0.25, 0.3) is 22.4 Å². The van der Waals surface area contributed by atoms with E-state index in [1.165, 1.54) is 33.5 Å². The molecule has 0 spiro atoms. The molecule has 2 heterocycles. The van der Waals surface area contributed by atoms with Crippen molar-refractivity contribution < 1.29 is 14.6 Å². The molecule has 2 atom stereocenters. The van der Waals surface area contributed by atoms with Crippen LogP contribution in [0, 0.1) is 4.77 Å². The number of methoxy groups -OCH3 is 1. The van der Waals surface area contributed by atoms with Crippen molar-refractivity contribution in [3.63, 3.8) is 0 Å². The van der Waals surface area contributed by atoms with Crippen LogP contribution >= 0.6 is 23.8 Å². The van der Waals surface area contributed by atoms with E-state index in [1.54, 1.807) is 14.0 Å². The maximum absolute atomic E-state index is 13.5. The molecule has 0 radical (unpaired) electrons. The van der Waals surface area contributed by atoms with Gasteiger partial charge in [0.25, 0.3) is 11.5 Å². The van der Waals surface area contributed by atoms with Gasteiger partial charge in [0.15, 0.2) is 4.77 Å². The number of nitrogens with one attached hydrogen (secondary N) is 1. The standard InChI is InChI=1S/C34H37ClN4O4S/c1-6-9-23-22(10-8-13-27(23)36-31(41)26-18-39(17-20(3)40)34(44)38(4)33(26)42)24-11-7-12-25(30(24)35)28-16-21-15-14-19(2)29(21)32(37-28)43-5/h7-8,10-13,16,18-20,40H,6,9,14-15,17H2,1-5H3,(H,36,41). The number of aromatic nitrogens is 3. The summed E-state index contributed by atoms with van der Waals surface area (Å²) in [5.41, 5.74) is 6.60. The quantitative estimate of drug-likeness (QED) is 0.194. The third-order valence-electron chi connectivity index (χ3n) is 8.19. The van der Waals surface area contributed by atoms with Crippen molar-refractivity contribution >= 4 is 35.4 Å². The van der Waals surface area contributed by atoms with Gasteiger partial charge in [-0.3, -0.25) is 14.2 Å². The summed E-state index contributed by atoms with van der Waals surface area (Å²) in [7, 11) is 3.17. The third kappa shape index (κ3) is 5.96. The first-order valence-electron chi connectivity index (χ1n) is 14.8. The minimum atomic E-state index is -0.708. The number of fused-ring (bicyclic) bond motifs is 1. The van der Waals surface area contributed by atoms with Gasteiger partial charge in [0, 0.05) is 35.6 Å². The van der Waals surface area contributed by atoms with E-state index in [0.29, 0.717) is 28.9 Å². The van der Waals surface area contributed by atoms with E-state index in [1.807, 2.05) is 36.4 Å². The van der Waals surface area contributed by atoms with E-state index in [2.05, 4.69) is 25.2 Å². The van der Waals surface area contributed by atoms with Crippen LogP contribution in [0.1, 0.15) is 66.6 Å². The second kappa shape index (κ2) is 13.1. The average Bonchev–Trinajstić information content (AvgIpc) is 3.38. The molecule has 10 heteroatoms. The highest BCUT2D eigenvalue weighted by Gasteiger charge is 2.26. The Morgan fingerprint density at radius 2 is 1.93 bits per heavy atom. The van der Waals surface area contributed by atoms with Crippen LogP contribution in [0.4, 0.5) is 5.69 Å². The molecule has 2 N–H and O–H groups in total. The van der Waals surface area contributed by atoms with Crippen LogP contribution in [-0.4, -0.2) is 38.3 Å². The molecule has 44 heavy (non-hydrogen) atoms. The zero-order valence-corrected chi connectivity index (χ0v) is 27.2. The van der Waals surface area contributed by atoms with Crippen LogP contribution in [0.15, 0.2) is 53.5 Å². The zero-order chi connectivity index (χ0) is 31.7. The number of pyridine rings is 1. The van der Waals surface area contributed by atoms with Crippen molar-refractivity contribution in [1.29, 1.82) is 0 Å². The zero-order valence-electron chi connectivity index (χ0n) is 25.6. The number of halogens is 1. The number of rotatable bonds is 9. The summed E-state index contributed by atoms with van der Waals surface area (Å²) in [5, 5.41) is 13.4. The van der Waals surface area contributed by atoms with Crippen LogP contribution < -0.4 is 15.6 Å². The molecule has 1 amide bonds. The lowest BCUT2D eigenvalue weighted by Gasteiger charge is -2.19. The molecule has 0 saturated heterocycles. The summed E-state index contributed by atoms with van der Waals surface area (Å²) in [4.78, 5) is 31.4. The fraction of sp³-hybridized carbons (Fsp3) is 0.353. The van der Waals surface area contributed by atoms with Gasteiger partial charge in [-0.2, -0.15) is 0 Å². The predicted molar refractivity (Wildman–Crippen MR) is 178 cm³/mol. The van der Waals surface area contributed by atoms with Crippen molar-refractivity contribution in [3.05, 3.63) is 91.1 Å². The highest BCUT2D eigenvalue weighted by molar-refractivity contribution is 7.71. The lowest BCUT2D eigenvalue weighted by Crippen LogP contribution is -2.32. The SMILES string of the molecule is CCCc1c(NC(=O)c2cn(CC(C)O)c(=S)n(C)c2=O)cccc1-c1cccc(-c2cc3c(c(OC)n2)C(C)CC3)c1Cl. The molecule has 4 aromatic rings. The molecule has 2 aromatic heterocycles. The van der Waals surface area contributed by atoms with Crippen molar-refractivity contribution in [2.75, 3.05) is 12.4 Å². The van der Waals surface area contributed by atoms with Crippen LogP contribution in [0.5, 0.6) is 5.88 Å². The Morgan fingerprint density at radius 3 is 2.64 bits per heavy atom. The molecule has 2 unspecified atom stereocenters. The first kappa shape index (κ1) is 31.6. The number of carbonyl (C=O) groups excluding carboxylic acids is 1. The minimum absolute atomic E-state index is 0.0689. The van der Waals surface area contributed by atoms with Gasteiger partial charge in [0.1, 0.15) is 5.56 Å². The molecule has 0 saturated carbocycles. The predicted octanol–water partition coefficient (Wildman–Crippen LogP) is 6.94. The Morgan fingerprint density at radius 1 is 1.23 bits per heavy atom. The fourth-order valence-corrected chi connectivity index (χ4v) is 6.56. The van der Waals surface area contributed by atoms with Gasteiger partial charge in [0.05, 0.1) is 30.5 Å². The highest BCUT2D eigenvalue weighted by Crippen LogP contribution is 2.43. The van der Waals surface area contributed by atoms with Gasteiger partial charge < -0.3 is 19.7 Å². The first-order chi connectivity index (χ1) is 21.0. The molecule has 1 aliphatic rings. The van der Waals surface area contributed by atoms with Gasteiger partial charge in [-0.05, 0) is 73.1 Å². The normalized spacial score (nSPS) is 14.8. The van der Waals surface area contributed by atoms with Crippen molar-refractivity contribution in [2.45, 2.75) is 65.0 Å². The summed E-state index contributed by atoms with van der Waals surface area (Å²) >= 11 is 12.5. The van der Waals surface area contributed by atoms with E-state index in [0.717, 1.165) is 47.2 Å². The van der Waals surface area contributed by atoms with Crippen molar-refractivity contribution in [2.24, 2.45) is 7.05 Å². The number of amides is 1. The summed E-state index contributed by atoms with van der Waals surface area (Å²) in [6, 6.07) is 13.7. The van der Waals surface area contributed by atoms with E-state index < -0.39 is 17.6 Å². The lowest BCUT2D eigenvalue weighted by molar-refractivity contribution is 0.102. The smallest absolute Gasteiger partial charge is 0.266 e. The van der Waals surface area contributed by atoms with Gasteiger partial charge in [-0.1, -0.05) is 62.2 Å². The summed E-state index contributed by atoms with van der Waals surface area (Å²) in [6.45, 7) is 6.04. The van der Waals surface area contributed by atoms with Crippen LogP contribution in [0.2, 0.25) is 5.02 Å². The number of aryl methyl sites for hydroxylation is 1. The van der Waals surface area contributed by atoms with Gasteiger partial charge >= 0.3 is 0 Å². The monoisotopic (exact) mass is 632 g/mol. The minimum Gasteiger partial charge on any atom is -0.481 e. The topological polar surface area (TPSA) is 98.4 Å². The van der Waals surface area contributed by atoms with E-state index in [4.69, 9.17) is 33.5 Å². The average molecular weight is 633 g/mol. The molecule has 2 aromatic carbocycles. The number of benzene rings is 2. The van der Waals surface area contributed by atoms with Crippen LogP contribution in [-0.2, 0) is 26.4 Å². The number of anilines is 1. The van der Waals surface area contributed by atoms with Crippen LogP contribution in [0.3, 0.4) is 0 Å². The maximum Gasteiger partial charge on any atom is 0.266 e. The Hall–Kier alpha value is -3.79. The number of carbonyl (C=O) groups is 1. The van der Waals surface area contributed by atoms with E-state index >= 15 is 0 Å². The number of nitrogens with zero attached hydrogens (tertiary/aromatic N) is 3. The molecule has 0 fully saturated rings. The molecular weight excluding hydrogens is 596 g/mol. The van der Waals surface area contributed by atoms with E-state index in [9.17, 15) is 14.7 Å². The van der Waals surface area contributed by atoms with Gasteiger partial charge in [-0.25, -0.2) is 4.98 Å². The molecule has 5 rings (SSSR count). The van der Waals surface area contributed by atoms with E-state index in [-0.39, 0.29) is 16.9 Å². The molecule has 0 bridgehead atoms. The van der Waals surface area contributed by atoms with Gasteiger partial charge in [-0.15, -0.1) is 0 Å². The number of hydrogen-bond acceptors (Lipinski definition) is 6. The highest BCUT2D eigenvalue weighted by atomic mass is 35.5. The number of ether oxygens (including phenoxy) is 1. The molecular formula is C34H37ClN4O4S. The Kier molecular flexibility index (Phi) is 9.39. The van der Waals surface area contributed by atoms with Gasteiger partial charge in [0.2, 0.25) is 5.88 Å². The summed E-state index contributed by atoms with van der Waals surface area (Å²) in [6.07, 6.45) is 4.22. The molecule has 0 aliphatic heterocycles. The summed E-state index contributed by atoms with van der Waals surface area (Å²) in [5.74, 6) is 0.485. The first-order valence-corrected chi connectivity index (χ1v) is 15.6. The molecule has 8 nitrogen and oxygen atoms in total. The number of aliphatic hydroxyl groups is 1. The largest absolute Gasteiger partial charge is 0.481 e. The summed E-state index contributed by atoms with van der Waals surface area (Å²) < 4.78 is 8.69.